The van der Waals surface area contributed by atoms with Crippen molar-refractivity contribution >= 4 is 22.7 Å². The molecule has 1 aliphatic rings. The summed E-state index contributed by atoms with van der Waals surface area (Å²) in [6.07, 6.45) is 0. The fourth-order valence-electron chi connectivity index (χ4n) is 2.33. The van der Waals surface area contributed by atoms with Crippen LogP contribution in [-0.4, -0.2) is 13.7 Å². The van der Waals surface area contributed by atoms with E-state index < -0.39 is 0 Å². The maximum absolute atomic E-state index is 7.09. The van der Waals surface area contributed by atoms with Gasteiger partial charge >= 0.3 is 0 Å². The Labute approximate surface area is 107 Å². The van der Waals surface area contributed by atoms with Crippen LogP contribution in [0.15, 0.2) is 48.5 Å². The minimum atomic E-state index is 0.680. The number of benzene rings is 2. The fourth-order valence-corrected chi connectivity index (χ4v) is 2.33. The minimum Gasteiger partial charge on any atom is -0.355 e. The van der Waals surface area contributed by atoms with Gasteiger partial charge in [-0.3, -0.25) is 0 Å². The van der Waals surface area contributed by atoms with Gasteiger partial charge in [-0.2, -0.15) is 0 Å². The highest BCUT2D eigenvalue weighted by atomic mass is 15.4. The highest BCUT2D eigenvalue weighted by Gasteiger charge is 2.23. The molecule has 3 rings (SSSR count). The topological polar surface area (TPSA) is 10.8 Å². The lowest BCUT2D eigenvalue weighted by Crippen LogP contribution is -2.23. The van der Waals surface area contributed by atoms with Gasteiger partial charge in [0.25, 0.3) is 0 Å². The average Bonchev–Trinajstić information content (AvgIpc) is 2.77. The molecule has 0 fully saturated rings. The van der Waals surface area contributed by atoms with Crippen molar-refractivity contribution in [2.75, 3.05) is 23.5 Å². The van der Waals surface area contributed by atoms with E-state index in [0.29, 0.717) is 5.69 Å². The zero-order valence-electron chi connectivity index (χ0n) is 10.2. The van der Waals surface area contributed by atoms with E-state index in [-0.39, 0.29) is 0 Å². The minimum absolute atomic E-state index is 0.680. The molecule has 18 heavy (non-hydrogen) atoms. The van der Waals surface area contributed by atoms with Crippen LogP contribution in [0.5, 0.6) is 0 Å². The normalized spacial score (nSPS) is 13.3. The third-order valence-electron chi connectivity index (χ3n) is 3.21. The van der Waals surface area contributed by atoms with Crippen LogP contribution in [0.25, 0.3) is 4.85 Å². The molecule has 3 nitrogen and oxygen atoms in total. The lowest BCUT2D eigenvalue weighted by atomic mass is 10.2. The van der Waals surface area contributed by atoms with Gasteiger partial charge in [0.1, 0.15) is 0 Å². The summed E-state index contributed by atoms with van der Waals surface area (Å²) in [5, 5.41) is 0. The van der Waals surface area contributed by atoms with Gasteiger partial charge < -0.3 is 9.80 Å². The molecule has 0 unspecified atom stereocenters. The zero-order valence-corrected chi connectivity index (χ0v) is 10.2. The van der Waals surface area contributed by atoms with Crippen LogP contribution in [-0.2, 0) is 0 Å². The predicted octanol–water partition coefficient (Wildman–Crippen LogP) is 3.78. The molecule has 88 valence electrons. The first kappa shape index (κ1) is 10.7. The maximum Gasteiger partial charge on any atom is 0.189 e. The SMILES string of the molecule is [C-]#[N+]c1cccc(N2CN(C)c3ccccc32)c1. The van der Waals surface area contributed by atoms with Gasteiger partial charge in [-0.1, -0.05) is 24.3 Å². The van der Waals surface area contributed by atoms with E-state index >= 15 is 0 Å². The Hall–Kier alpha value is -2.47. The molecule has 3 heteroatoms. The largest absolute Gasteiger partial charge is 0.355 e. The number of rotatable bonds is 1. The van der Waals surface area contributed by atoms with E-state index in [1.807, 2.05) is 36.4 Å². The Bertz CT molecular complexity index is 628. The summed E-state index contributed by atoms with van der Waals surface area (Å²) < 4.78 is 0. The summed E-state index contributed by atoms with van der Waals surface area (Å²) in [4.78, 5) is 7.92. The van der Waals surface area contributed by atoms with E-state index in [1.165, 1.54) is 11.4 Å². The van der Waals surface area contributed by atoms with Crippen molar-refractivity contribution < 1.29 is 0 Å². The molecular weight excluding hydrogens is 222 g/mol. The number of para-hydroxylation sites is 2. The Balaban J connectivity index is 2.07. The quantitative estimate of drug-likeness (QED) is 0.696. The van der Waals surface area contributed by atoms with E-state index in [1.54, 1.807) is 0 Å². The van der Waals surface area contributed by atoms with Crippen molar-refractivity contribution in [3.8, 4) is 0 Å². The van der Waals surface area contributed by atoms with Crippen molar-refractivity contribution in [1.82, 2.24) is 0 Å². The third-order valence-corrected chi connectivity index (χ3v) is 3.21. The van der Waals surface area contributed by atoms with Gasteiger partial charge in [0, 0.05) is 12.7 Å². The molecule has 0 radical (unpaired) electrons. The Morgan fingerprint density at radius 1 is 1.06 bits per heavy atom. The maximum atomic E-state index is 7.09. The number of anilines is 3. The average molecular weight is 235 g/mol. The molecule has 0 atom stereocenters. The van der Waals surface area contributed by atoms with Gasteiger partial charge in [-0.05, 0) is 24.3 Å². The molecule has 2 aromatic rings. The number of hydrogen-bond donors (Lipinski definition) is 0. The summed E-state index contributed by atoms with van der Waals surface area (Å²) in [7, 11) is 2.08. The second-order valence-corrected chi connectivity index (χ2v) is 4.39. The molecule has 0 spiro atoms. The van der Waals surface area contributed by atoms with Crippen molar-refractivity contribution in [2.24, 2.45) is 0 Å². The summed E-state index contributed by atoms with van der Waals surface area (Å²) >= 11 is 0. The summed E-state index contributed by atoms with van der Waals surface area (Å²) in [6.45, 7) is 7.91. The van der Waals surface area contributed by atoms with Gasteiger partial charge in [0.15, 0.2) is 5.69 Å². The number of hydrogen-bond acceptors (Lipinski definition) is 2. The van der Waals surface area contributed by atoms with Gasteiger partial charge in [0.05, 0.1) is 24.6 Å². The van der Waals surface area contributed by atoms with Crippen LogP contribution >= 0.6 is 0 Å². The van der Waals surface area contributed by atoms with Gasteiger partial charge in [-0.15, -0.1) is 0 Å². The van der Waals surface area contributed by atoms with Crippen LogP contribution in [0.2, 0.25) is 0 Å². The molecule has 1 heterocycles. The molecule has 0 N–H and O–H groups in total. The molecule has 0 aliphatic carbocycles. The van der Waals surface area contributed by atoms with E-state index in [0.717, 1.165) is 12.4 Å². The smallest absolute Gasteiger partial charge is 0.189 e. The summed E-state index contributed by atoms with van der Waals surface area (Å²) in [6, 6.07) is 16.1. The first-order valence-electron chi connectivity index (χ1n) is 5.85. The lowest BCUT2D eigenvalue weighted by molar-refractivity contribution is 0.950. The summed E-state index contributed by atoms with van der Waals surface area (Å²) in [5.41, 5.74) is 4.17. The fraction of sp³-hybridized carbons (Fsp3) is 0.133. The van der Waals surface area contributed by atoms with Crippen molar-refractivity contribution in [3.63, 3.8) is 0 Å². The Morgan fingerprint density at radius 3 is 2.61 bits per heavy atom. The summed E-state index contributed by atoms with van der Waals surface area (Å²) in [5.74, 6) is 0. The molecule has 0 bridgehead atoms. The first-order valence-corrected chi connectivity index (χ1v) is 5.85. The van der Waals surface area contributed by atoms with E-state index in [2.05, 4.69) is 33.8 Å². The molecule has 0 saturated carbocycles. The molecule has 0 amide bonds. The standard InChI is InChI=1S/C15H13N3/c1-16-12-6-5-7-13(10-12)18-11-17(2)14-8-3-4-9-15(14)18/h3-10H,11H2,2H3. The molecule has 1 aliphatic heterocycles. The second-order valence-electron chi connectivity index (χ2n) is 4.39. The van der Waals surface area contributed by atoms with Crippen LogP contribution in [0.4, 0.5) is 22.7 Å². The number of fused-ring (bicyclic) bond motifs is 1. The molecule has 2 aromatic carbocycles. The van der Waals surface area contributed by atoms with Crippen LogP contribution in [0, 0.1) is 6.57 Å². The number of nitrogens with zero attached hydrogens (tertiary/aromatic N) is 3. The first-order chi connectivity index (χ1) is 8.79. The predicted molar refractivity (Wildman–Crippen MR) is 74.6 cm³/mol. The van der Waals surface area contributed by atoms with Crippen molar-refractivity contribution in [1.29, 1.82) is 0 Å². The Morgan fingerprint density at radius 2 is 1.83 bits per heavy atom. The lowest BCUT2D eigenvalue weighted by Gasteiger charge is -2.19. The van der Waals surface area contributed by atoms with Crippen LogP contribution < -0.4 is 9.80 Å². The highest BCUT2D eigenvalue weighted by molar-refractivity contribution is 5.82. The Kier molecular flexibility index (Phi) is 2.42. The van der Waals surface area contributed by atoms with E-state index in [9.17, 15) is 0 Å². The van der Waals surface area contributed by atoms with Gasteiger partial charge in [0.2, 0.25) is 0 Å². The molecular formula is C15H13N3. The molecule has 0 saturated heterocycles. The van der Waals surface area contributed by atoms with Crippen LogP contribution in [0.1, 0.15) is 0 Å². The highest BCUT2D eigenvalue weighted by Crippen LogP contribution is 2.40. The zero-order chi connectivity index (χ0) is 12.5. The van der Waals surface area contributed by atoms with Crippen molar-refractivity contribution in [2.45, 2.75) is 0 Å². The third kappa shape index (κ3) is 1.59. The van der Waals surface area contributed by atoms with Crippen molar-refractivity contribution in [3.05, 3.63) is 59.9 Å². The van der Waals surface area contributed by atoms with Gasteiger partial charge in [-0.25, -0.2) is 4.85 Å². The molecule has 0 aromatic heterocycles. The van der Waals surface area contributed by atoms with Crippen LogP contribution in [0.3, 0.4) is 0 Å². The monoisotopic (exact) mass is 235 g/mol. The van der Waals surface area contributed by atoms with E-state index in [4.69, 9.17) is 6.57 Å². The second kappa shape index (κ2) is 4.08.